The van der Waals surface area contributed by atoms with E-state index < -0.39 is 7.02 Å². The molecule has 6 heteroatoms. The summed E-state index contributed by atoms with van der Waals surface area (Å²) in [7, 11) is 8.19. The van der Waals surface area contributed by atoms with Gasteiger partial charge in [0.2, 0.25) is 0 Å². The topological polar surface area (TPSA) is 40.5 Å². The molecule has 0 amide bonds. The number of hydrogen-bond donors (Lipinski definition) is 2. The Balaban J connectivity index is -0.000000347. The minimum atomic E-state index is -0.917. The monoisotopic (exact) mass is 442 g/mol. The first-order valence-electron chi connectivity index (χ1n) is 9.11. The molecule has 0 aliphatic rings. The van der Waals surface area contributed by atoms with Crippen LogP contribution < -0.4 is 0 Å². The average Bonchev–Trinajstić information content (AvgIpc) is 2.65. The standard InChI is InChI=1S/C10H12O.C8H9BrO.C3H6.CH4.B3H/c1-2-9-5-3-4-6-10(9)7-8-11;9-8-4-2-1-3-7(8)5-6-10;1-3-2;;1-3-2/h2-6,11H,1,7-8H2;1-4,10H,5-6H2;3H,1H2,2H3;1H4;3H/i;;;;3T. The smallest absolute Gasteiger partial charge is 0.0471 e. The van der Waals surface area contributed by atoms with Gasteiger partial charge in [-0.1, -0.05) is 84.6 Å². The number of aliphatic hydroxyl groups is 2. The number of halogens is 1. The van der Waals surface area contributed by atoms with Crippen LogP contribution in [0.3, 0.4) is 0 Å². The lowest BCUT2D eigenvalue weighted by Crippen LogP contribution is -1.92. The van der Waals surface area contributed by atoms with E-state index in [0.717, 1.165) is 27.6 Å². The molecule has 2 nitrogen and oxygen atoms in total. The summed E-state index contributed by atoms with van der Waals surface area (Å²) in [5.74, 6) is 0. The van der Waals surface area contributed by atoms with E-state index in [4.69, 9.17) is 11.5 Å². The molecule has 0 unspecified atom stereocenters. The number of benzene rings is 2. The summed E-state index contributed by atoms with van der Waals surface area (Å²) in [6.45, 7) is 9.35. The van der Waals surface area contributed by atoms with Gasteiger partial charge in [-0.25, -0.2) is 0 Å². The van der Waals surface area contributed by atoms with Crippen molar-refractivity contribution >= 4 is 44.5 Å². The van der Waals surface area contributed by atoms with Gasteiger partial charge >= 0.3 is 0 Å². The maximum Gasteiger partial charge on any atom is 0.0471 e. The average molecular weight is 443 g/mol. The van der Waals surface area contributed by atoms with Crippen molar-refractivity contribution in [2.75, 3.05) is 13.2 Å². The van der Waals surface area contributed by atoms with Gasteiger partial charge in [-0.05, 0) is 43.9 Å². The Hall–Kier alpha value is -1.49. The molecule has 0 fully saturated rings. The van der Waals surface area contributed by atoms with E-state index in [9.17, 15) is 0 Å². The van der Waals surface area contributed by atoms with E-state index >= 15 is 0 Å². The fraction of sp³-hybridized carbons (Fsp3) is 0.273. The fourth-order valence-corrected chi connectivity index (χ4v) is 2.39. The first-order chi connectivity index (χ1) is 13.4. The molecule has 2 rings (SSSR count). The Morgan fingerprint density at radius 2 is 1.39 bits per heavy atom. The Kier molecular flexibility index (Phi) is 24.2. The van der Waals surface area contributed by atoms with Crippen LogP contribution in [0.1, 0.15) is 31.0 Å². The predicted molar refractivity (Wildman–Crippen MR) is 134 cm³/mol. The van der Waals surface area contributed by atoms with Gasteiger partial charge in [0.05, 0.1) is 0 Å². The van der Waals surface area contributed by atoms with E-state index in [0.29, 0.717) is 6.42 Å². The molecule has 0 aromatic heterocycles. The molecule has 0 aliphatic heterocycles. The quantitative estimate of drug-likeness (QED) is 0.536. The minimum absolute atomic E-state index is 0. The second-order valence-corrected chi connectivity index (χ2v) is 5.90. The first kappa shape index (κ1) is 28.7. The van der Waals surface area contributed by atoms with E-state index in [1.54, 1.807) is 6.08 Å². The van der Waals surface area contributed by atoms with Crippen LogP contribution in [-0.2, 0) is 12.8 Å². The highest BCUT2D eigenvalue weighted by atomic mass is 79.9. The van der Waals surface area contributed by atoms with Gasteiger partial charge in [-0.2, -0.15) is 0 Å². The highest BCUT2D eigenvalue weighted by molar-refractivity contribution is 9.10. The van der Waals surface area contributed by atoms with Crippen LogP contribution >= 0.6 is 15.9 Å². The molecule has 0 aliphatic carbocycles. The zero-order valence-electron chi connectivity index (χ0n) is 17.0. The zero-order valence-corrected chi connectivity index (χ0v) is 17.6. The van der Waals surface area contributed by atoms with Crippen LogP contribution in [-0.4, -0.2) is 47.3 Å². The van der Waals surface area contributed by atoms with Crippen molar-refractivity contribution in [2.45, 2.75) is 27.2 Å². The summed E-state index contributed by atoms with van der Waals surface area (Å²) in [5, 5.41) is 17.3. The minimum Gasteiger partial charge on any atom is -0.396 e. The summed E-state index contributed by atoms with van der Waals surface area (Å²) >= 11 is 3.39. The molecule has 4 radical (unpaired) electrons. The SMILES string of the molecule is C.C=CC.C=Cc1ccccc1CCO.OCCc1ccccc1Br.[3H]B([B])[B]. The van der Waals surface area contributed by atoms with Gasteiger partial charge < -0.3 is 10.2 Å². The highest BCUT2D eigenvalue weighted by Crippen LogP contribution is 2.15. The Bertz CT molecular complexity index is 653. The molecule has 2 aromatic carbocycles. The third-order valence-corrected chi connectivity index (χ3v) is 3.77. The van der Waals surface area contributed by atoms with Crippen molar-refractivity contribution < 1.29 is 10.2 Å². The number of allylic oxidation sites excluding steroid dienone is 1. The summed E-state index contributed by atoms with van der Waals surface area (Å²) in [6, 6.07) is 15.9. The fourth-order valence-electron chi connectivity index (χ4n) is 1.90. The molecular formula is C22H32B3BrO2. The molecule has 0 saturated carbocycles. The van der Waals surface area contributed by atoms with Crippen molar-refractivity contribution in [1.82, 2.24) is 0 Å². The Morgan fingerprint density at radius 3 is 1.82 bits per heavy atom. The third kappa shape index (κ3) is 16.7. The summed E-state index contributed by atoms with van der Waals surface area (Å²) in [5.41, 5.74) is 3.43. The normalized spacial score (nSPS) is 8.64. The van der Waals surface area contributed by atoms with E-state index in [2.05, 4.69) is 44.6 Å². The second-order valence-electron chi connectivity index (χ2n) is 5.04. The molecule has 0 saturated heterocycles. The van der Waals surface area contributed by atoms with Crippen molar-refractivity contribution in [3.8, 4) is 0 Å². The summed E-state index contributed by atoms with van der Waals surface area (Å²) in [4.78, 5) is 0. The molecule has 0 bridgehead atoms. The molecule has 0 spiro atoms. The predicted octanol–water partition coefficient (Wildman–Crippen LogP) is 4.27. The van der Waals surface area contributed by atoms with Gasteiger partial charge in [0.15, 0.2) is 0 Å². The molecular weight excluding hydrogens is 409 g/mol. The van der Waals surface area contributed by atoms with E-state index in [-0.39, 0.29) is 20.6 Å². The lowest BCUT2D eigenvalue weighted by molar-refractivity contribution is 0.299. The van der Waals surface area contributed by atoms with Crippen LogP contribution in [0.15, 0.2) is 72.2 Å². The van der Waals surface area contributed by atoms with Crippen LogP contribution in [0.25, 0.3) is 6.08 Å². The molecule has 2 aromatic rings. The Morgan fingerprint density at radius 1 is 1.00 bits per heavy atom. The largest absolute Gasteiger partial charge is 0.396 e. The number of hydrogen-bond acceptors (Lipinski definition) is 2. The van der Waals surface area contributed by atoms with Gasteiger partial charge in [0.25, 0.3) is 0 Å². The summed E-state index contributed by atoms with van der Waals surface area (Å²) < 4.78 is 7.21. The second kappa shape index (κ2) is 23.6. The summed E-state index contributed by atoms with van der Waals surface area (Å²) in [6.07, 6.45) is 4.99. The Labute approximate surface area is 185 Å². The van der Waals surface area contributed by atoms with Crippen molar-refractivity contribution in [3.63, 3.8) is 0 Å². The van der Waals surface area contributed by atoms with Gasteiger partial charge in [0, 0.05) is 40.2 Å². The van der Waals surface area contributed by atoms with Gasteiger partial charge in [-0.3, -0.25) is 0 Å². The van der Waals surface area contributed by atoms with Crippen molar-refractivity contribution in [1.29, 1.82) is 1.34 Å². The maximum absolute atomic E-state index is 8.71. The molecule has 28 heavy (non-hydrogen) atoms. The van der Waals surface area contributed by atoms with Gasteiger partial charge in [-0.15, -0.1) is 6.58 Å². The van der Waals surface area contributed by atoms with Crippen LogP contribution in [0.4, 0.5) is 0 Å². The van der Waals surface area contributed by atoms with Gasteiger partial charge in [0.1, 0.15) is 0 Å². The van der Waals surface area contributed by atoms with Crippen molar-refractivity contribution in [2.24, 2.45) is 0 Å². The van der Waals surface area contributed by atoms with E-state index in [1.807, 2.05) is 61.5 Å². The van der Waals surface area contributed by atoms with Crippen LogP contribution in [0.5, 0.6) is 0 Å². The van der Waals surface area contributed by atoms with Crippen molar-refractivity contribution in [3.05, 3.63) is 88.9 Å². The van der Waals surface area contributed by atoms with Crippen LogP contribution in [0, 0.1) is 0 Å². The number of rotatable bonds is 5. The maximum atomic E-state index is 8.71. The van der Waals surface area contributed by atoms with E-state index in [1.165, 1.54) is 0 Å². The lowest BCUT2D eigenvalue weighted by Gasteiger charge is -2.01. The molecule has 0 atom stereocenters. The number of aliphatic hydroxyl groups excluding tert-OH is 2. The highest BCUT2D eigenvalue weighted by Gasteiger charge is 1.95. The lowest BCUT2D eigenvalue weighted by atomic mass is 9.40. The zero-order chi connectivity index (χ0) is 21.8. The third-order valence-electron chi connectivity index (χ3n) is 3.00. The molecule has 0 heterocycles. The van der Waals surface area contributed by atoms with Crippen LogP contribution in [0.2, 0.25) is 0 Å². The molecule has 2 N–H and O–H groups in total. The first-order valence-corrected chi connectivity index (χ1v) is 9.33. The molecule has 148 valence electrons.